The zero-order valence-corrected chi connectivity index (χ0v) is 9.81. The first-order chi connectivity index (χ1) is 8.31. The van der Waals surface area contributed by atoms with E-state index >= 15 is 0 Å². The molecule has 0 fully saturated rings. The molecular formula is C10H13N3O5. The van der Waals surface area contributed by atoms with E-state index in [0.717, 1.165) is 6.07 Å². The Morgan fingerprint density at radius 2 is 1.89 bits per heavy atom. The van der Waals surface area contributed by atoms with Gasteiger partial charge in [0.05, 0.1) is 0 Å². The number of rotatable bonds is 4. The van der Waals surface area contributed by atoms with Crippen molar-refractivity contribution in [3.63, 3.8) is 0 Å². The predicted molar refractivity (Wildman–Crippen MR) is 61.4 cm³/mol. The molecule has 0 aliphatic carbocycles. The summed E-state index contributed by atoms with van der Waals surface area (Å²) < 4.78 is 0. The number of carbonyl (C=O) groups excluding carboxylic acids is 1. The van der Waals surface area contributed by atoms with Gasteiger partial charge in [-0.05, 0) is 5.92 Å². The molecule has 0 aromatic carbocycles. The van der Waals surface area contributed by atoms with E-state index in [1.165, 1.54) is 0 Å². The van der Waals surface area contributed by atoms with Gasteiger partial charge in [0.25, 0.3) is 11.5 Å². The second-order valence-corrected chi connectivity index (χ2v) is 4.03. The van der Waals surface area contributed by atoms with Gasteiger partial charge in [-0.1, -0.05) is 13.8 Å². The van der Waals surface area contributed by atoms with E-state index in [-0.39, 0.29) is 11.6 Å². The van der Waals surface area contributed by atoms with Crippen LogP contribution in [0.5, 0.6) is 0 Å². The lowest BCUT2D eigenvalue weighted by molar-refractivity contribution is -0.140. The minimum absolute atomic E-state index is 0.282. The third-order valence-corrected chi connectivity index (χ3v) is 2.22. The number of carboxylic acid groups (broad SMARTS) is 1. The first-order valence-electron chi connectivity index (χ1n) is 5.18. The summed E-state index contributed by atoms with van der Waals surface area (Å²) in [6.07, 6.45) is 0. The summed E-state index contributed by atoms with van der Waals surface area (Å²) in [5, 5.41) is 11.1. The number of aromatic nitrogens is 2. The number of aromatic amines is 2. The van der Waals surface area contributed by atoms with Crippen molar-refractivity contribution in [3.05, 3.63) is 32.6 Å². The molecule has 0 aliphatic rings. The molecule has 1 rings (SSSR count). The molecule has 0 unspecified atom stereocenters. The number of hydrogen-bond acceptors (Lipinski definition) is 4. The van der Waals surface area contributed by atoms with Crippen LogP contribution in [0.1, 0.15) is 24.3 Å². The molecular weight excluding hydrogens is 242 g/mol. The molecule has 1 aromatic heterocycles. The highest BCUT2D eigenvalue weighted by atomic mass is 16.4. The Hall–Kier alpha value is -2.38. The van der Waals surface area contributed by atoms with Gasteiger partial charge in [-0.25, -0.2) is 9.59 Å². The summed E-state index contributed by atoms with van der Waals surface area (Å²) >= 11 is 0. The minimum Gasteiger partial charge on any atom is -0.480 e. The number of H-pyrrole nitrogens is 2. The fourth-order valence-corrected chi connectivity index (χ4v) is 1.32. The van der Waals surface area contributed by atoms with Gasteiger partial charge in [-0.15, -0.1) is 0 Å². The molecule has 8 heteroatoms. The van der Waals surface area contributed by atoms with E-state index in [2.05, 4.69) is 10.3 Å². The van der Waals surface area contributed by atoms with Crippen LogP contribution >= 0.6 is 0 Å². The van der Waals surface area contributed by atoms with Gasteiger partial charge in [0, 0.05) is 6.07 Å². The van der Waals surface area contributed by atoms with Crippen LogP contribution in [0.25, 0.3) is 0 Å². The van der Waals surface area contributed by atoms with Gasteiger partial charge in [-0.2, -0.15) is 0 Å². The second-order valence-electron chi connectivity index (χ2n) is 4.03. The van der Waals surface area contributed by atoms with E-state index in [0.29, 0.717) is 0 Å². The molecule has 1 heterocycles. The maximum Gasteiger partial charge on any atom is 0.326 e. The lowest BCUT2D eigenvalue weighted by Gasteiger charge is -2.17. The number of carboxylic acids is 1. The quantitative estimate of drug-likeness (QED) is 0.542. The minimum atomic E-state index is -1.19. The van der Waals surface area contributed by atoms with Crippen molar-refractivity contribution in [2.45, 2.75) is 19.9 Å². The van der Waals surface area contributed by atoms with E-state index in [9.17, 15) is 19.2 Å². The third-order valence-electron chi connectivity index (χ3n) is 2.22. The maximum absolute atomic E-state index is 11.7. The molecule has 4 N–H and O–H groups in total. The largest absolute Gasteiger partial charge is 0.480 e. The highest BCUT2D eigenvalue weighted by Gasteiger charge is 2.24. The van der Waals surface area contributed by atoms with Crippen LogP contribution in [0, 0.1) is 5.92 Å². The molecule has 1 atom stereocenters. The van der Waals surface area contributed by atoms with Crippen molar-refractivity contribution in [1.29, 1.82) is 0 Å². The molecule has 0 saturated heterocycles. The Kier molecular flexibility index (Phi) is 4.03. The summed E-state index contributed by atoms with van der Waals surface area (Å²) in [5.41, 5.74) is -1.85. The second kappa shape index (κ2) is 5.30. The van der Waals surface area contributed by atoms with Crippen molar-refractivity contribution in [2.75, 3.05) is 0 Å². The SMILES string of the molecule is CC(C)[C@H](NC(=O)c1cc(=O)[nH]c(=O)[nH]1)C(=O)O. The molecule has 1 aromatic rings. The summed E-state index contributed by atoms with van der Waals surface area (Å²) in [4.78, 5) is 48.5. The molecule has 8 nitrogen and oxygen atoms in total. The number of hydrogen-bond donors (Lipinski definition) is 4. The molecule has 98 valence electrons. The zero-order valence-electron chi connectivity index (χ0n) is 9.81. The topological polar surface area (TPSA) is 132 Å². The number of nitrogens with one attached hydrogen (secondary N) is 3. The van der Waals surface area contributed by atoms with E-state index in [4.69, 9.17) is 5.11 Å². The summed E-state index contributed by atoms with van der Waals surface area (Å²) in [6, 6.07) is -0.212. The van der Waals surface area contributed by atoms with Crippen LogP contribution in [-0.2, 0) is 4.79 Å². The average Bonchev–Trinajstić information content (AvgIpc) is 2.23. The monoisotopic (exact) mass is 255 g/mol. The number of aliphatic carboxylic acids is 1. The van der Waals surface area contributed by atoms with Crippen LogP contribution < -0.4 is 16.6 Å². The van der Waals surface area contributed by atoms with Crippen molar-refractivity contribution < 1.29 is 14.7 Å². The van der Waals surface area contributed by atoms with Crippen LogP contribution in [0.15, 0.2) is 15.7 Å². The molecule has 18 heavy (non-hydrogen) atoms. The van der Waals surface area contributed by atoms with Gasteiger partial charge < -0.3 is 15.4 Å². The Bertz CT molecular complexity index is 543. The number of amides is 1. The molecule has 0 saturated carbocycles. The molecule has 0 aliphatic heterocycles. The summed E-state index contributed by atoms with van der Waals surface area (Å²) in [5.74, 6) is -2.34. The van der Waals surface area contributed by atoms with Crippen molar-refractivity contribution in [1.82, 2.24) is 15.3 Å². The highest BCUT2D eigenvalue weighted by Crippen LogP contribution is 2.02. The Labute approximate surface area is 101 Å². The molecule has 1 amide bonds. The Balaban J connectivity index is 2.97. The lowest BCUT2D eigenvalue weighted by Crippen LogP contribution is -2.45. The highest BCUT2D eigenvalue weighted by molar-refractivity contribution is 5.94. The Morgan fingerprint density at radius 1 is 1.28 bits per heavy atom. The lowest BCUT2D eigenvalue weighted by atomic mass is 10.0. The zero-order chi connectivity index (χ0) is 13.9. The normalized spacial score (nSPS) is 12.2. The number of carbonyl (C=O) groups is 2. The molecule has 0 radical (unpaired) electrons. The van der Waals surface area contributed by atoms with Gasteiger partial charge in [0.15, 0.2) is 0 Å². The third kappa shape index (κ3) is 3.30. The van der Waals surface area contributed by atoms with Crippen LogP contribution in [0.3, 0.4) is 0 Å². The van der Waals surface area contributed by atoms with Gasteiger partial charge in [0.1, 0.15) is 11.7 Å². The maximum atomic E-state index is 11.7. The average molecular weight is 255 g/mol. The van der Waals surface area contributed by atoms with E-state index in [1.54, 1.807) is 13.8 Å². The van der Waals surface area contributed by atoms with Crippen LogP contribution in [0.4, 0.5) is 0 Å². The van der Waals surface area contributed by atoms with Crippen molar-refractivity contribution >= 4 is 11.9 Å². The van der Waals surface area contributed by atoms with E-state index < -0.39 is 29.2 Å². The smallest absolute Gasteiger partial charge is 0.326 e. The van der Waals surface area contributed by atoms with Gasteiger partial charge >= 0.3 is 11.7 Å². The predicted octanol–water partition coefficient (Wildman–Crippen LogP) is -1.10. The fraction of sp³-hybridized carbons (Fsp3) is 0.400. The first-order valence-corrected chi connectivity index (χ1v) is 5.18. The first kappa shape index (κ1) is 13.7. The van der Waals surface area contributed by atoms with Crippen molar-refractivity contribution in [3.8, 4) is 0 Å². The molecule has 0 bridgehead atoms. The van der Waals surface area contributed by atoms with Gasteiger partial charge in [-0.3, -0.25) is 14.6 Å². The Morgan fingerprint density at radius 3 is 2.33 bits per heavy atom. The van der Waals surface area contributed by atoms with Crippen LogP contribution in [-0.4, -0.2) is 33.0 Å². The standard InChI is InChI=1S/C10H13N3O5/c1-4(2)7(9(16)17)13-8(15)5-3-6(14)12-10(18)11-5/h3-4,7H,1-2H3,(H,13,15)(H,16,17)(H2,11,12,14,18)/t7-/m0/s1. The molecule has 0 spiro atoms. The summed E-state index contributed by atoms with van der Waals surface area (Å²) in [7, 11) is 0. The van der Waals surface area contributed by atoms with Crippen LogP contribution in [0.2, 0.25) is 0 Å². The van der Waals surface area contributed by atoms with E-state index in [1.807, 2.05) is 4.98 Å². The fourth-order valence-electron chi connectivity index (χ4n) is 1.32. The van der Waals surface area contributed by atoms with Gasteiger partial charge in [0.2, 0.25) is 0 Å². The summed E-state index contributed by atoms with van der Waals surface area (Å²) in [6.45, 7) is 3.25. The van der Waals surface area contributed by atoms with Crippen molar-refractivity contribution in [2.24, 2.45) is 5.92 Å².